The van der Waals surface area contributed by atoms with Crippen molar-refractivity contribution in [1.82, 2.24) is 5.32 Å². The van der Waals surface area contributed by atoms with Crippen LogP contribution >= 0.6 is 0 Å². The number of rotatable bonds is 4. The van der Waals surface area contributed by atoms with Crippen molar-refractivity contribution in [3.8, 4) is 0 Å². The van der Waals surface area contributed by atoms with Crippen LogP contribution in [-0.4, -0.2) is 31.3 Å². The third kappa shape index (κ3) is 3.56. The molecule has 2 aromatic carbocycles. The molecule has 0 radical (unpaired) electrons. The van der Waals surface area contributed by atoms with Crippen molar-refractivity contribution in [2.75, 3.05) is 23.8 Å². The number of carbonyl (C=O) groups is 3. The molecular weight excluding hydrogens is 337 g/mol. The average Bonchev–Trinajstić information content (AvgIpc) is 3.04. The molecule has 0 unspecified atom stereocenters. The van der Waals surface area contributed by atoms with E-state index >= 15 is 0 Å². The fraction of sp³-hybridized carbons (Fsp3) is 0.211. The Hall–Kier alpha value is -3.22. The fourth-order valence-corrected chi connectivity index (χ4v) is 2.91. The van der Waals surface area contributed by atoms with Crippen LogP contribution in [-0.2, 0) is 9.59 Å². The highest BCUT2D eigenvalue weighted by Crippen LogP contribution is 2.26. The van der Waals surface area contributed by atoms with Gasteiger partial charge in [-0.25, -0.2) is 4.39 Å². The summed E-state index contributed by atoms with van der Waals surface area (Å²) >= 11 is 0. The Morgan fingerprint density at radius 3 is 2.50 bits per heavy atom. The lowest BCUT2D eigenvalue weighted by atomic mass is 10.1. The number of amides is 3. The van der Waals surface area contributed by atoms with Gasteiger partial charge in [0.1, 0.15) is 5.82 Å². The fourth-order valence-electron chi connectivity index (χ4n) is 2.91. The molecule has 2 N–H and O–H groups in total. The third-order valence-corrected chi connectivity index (χ3v) is 4.29. The summed E-state index contributed by atoms with van der Waals surface area (Å²) in [6.07, 6.45) is 0.0609. The van der Waals surface area contributed by atoms with E-state index in [0.29, 0.717) is 16.9 Å². The lowest BCUT2D eigenvalue weighted by Crippen LogP contribution is -2.29. The van der Waals surface area contributed by atoms with Crippen LogP contribution in [0.2, 0.25) is 0 Å². The van der Waals surface area contributed by atoms with Crippen LogP contribution in [0.3, 0.4) is 0 Å². The molecule has 0 bridgehead atoms. The Bertz CT molecular complexity index is 851. The second kappa shape index (κ2) is 7.35. The number of hydrogen-bond acceptors (Lipinski definition) is 3. The number of halogens is 1. The Kier molecular flexibility index (Phi) is 4.97. The normalized spacial score (nSPS) is 16.5. The topological polar surface area (TPSA) is 78.5 Å². The summed E-state index contributed by atoms with van der Waals surface area (Å²) in [4.78, 5) is 38.2. The summed E-state index contributed by atoms with van der Waals surface area (Å²) in [6.45, 7) is 0.207. The maximum Gasteiger partial charge on any atom is 0.253 e. The zero-order valence-electron chi connectivity index (χ0n) is 14.2. The van der Waals surface area contributed by atoms with E-state index in [4.69, 9.17) is 0 Å². The highest BCUT2D eigenvalue weighted by Gasteiger charge is 2.35. The minimum Gasteiger partial charge on any atom is -0.355 e. The lowest BCUT2D eigenvalue weighted by Gasteiger charge is -2.17. The minimum atomic E-state index is -0.551. The summed E-state index contributed by atoms with van der Waals surface area (Å²) in [6, 6.07) is 12.2. The number of nitrogens with one attached hydrogen (secondary N) is 2. The Morgan fingerprint density at radius 2 is 1.81 bits per heavy atom. The molecule has 1 heterocycles. The number of anilines is 2. The van der Waals surface area contributed by atoms with Crippen LogP contribution in [0.15, 0.2) is 48.5 Å². The second-order valence-corrected chi connectivity index (χ2v) is 6.00. The number of carbonyl (C=O) groups excluding carboxylic acids is 3. The molecule has 0 aromatic heterocycles. The van der Waals surface area contributed by atoms with Gasteiger partial charge in [0.25, 0.3) is 5.91 Å². The molecule has 3 amide bonds. The molecule has 2 aromatic rings. The van der Waals surface area contributed by atoms with Crippen LogP contribution in [0, 0.1) is 11.7 Å². The predicted octanol–water partition coefficient (Wildman–Crippen LogP) is 2.18. The van der Waals surface area contributed by atoms with Crippen molar-refractivity contribution in [2.24, 2.45) is 5.92 Å². The molecule has 6 nitrogen and oxygen atoms in total. The van der Waals surface area contributed by atoms with Gasteiger partial charge in [0, 0.05) is 25.7 Å². The first kappa shape index (κ1) is 17.6. The van der Waals surface area contributed by atoms with Gasteiger partial charge in [-0.2, -0.15) is 0 Å². The maximum absolute atomic E-state index is 13.1. The van der Waals surface area contributed by atoms with Gasteiger partial charge in [0.05, 0.1) is 17.2 Å². The zero-order chi connectivity index (χ0) is 18.7. The number of benzene rings is 2. The molecule has 1 aliphatic heterocycles. The third-order valence-electron chi connectivity index (χ3n) is 4.29. The number of hydrogen-bond donors (Lipinski definition) is 2. The zero-order valence-corrected chi connectivity index (χ0v) is 14.2. The Labute approximate surface area is 150 Å². The molecule has 1 atom stereocenters. The van der Waals surface area contributed by atoms with Gasteiger partial charge in [0.15, 0.2) is 0 Å². The molecule has 1 fully saturated rings. The smallest absolute Gasteiger partial charge is 0.253 e. The van der Waals surface area contributed by atoms with E-state index in [1.165, 1.54) is 36.2 Å². The summed E-state index contributed by atoms with van der Waals surface area (Å²) in [5.41, 5.74) is 1.30. The molecular formula is C19H18FN3O3. The van der Waals surface area contributed by atoms with E-state index in [9.17, 15) is 18.8 Å². The van der Waals surface area contributed by atoms with Crippen LogP contribution in [0.1, 0.15) is 16.8 Å². The van der Waals surface area contributed by atoms with Crippen molar-refractivity contribution in [3.63, 3.8) is 0 Å². The Morgan fingerprint density at radius 1 is 1.12 bits per heavy atom. The van der Waals surface area contributed by atoms with Crippen molar-refractivity contribution in [1.29, 1.82) is 0 Å². The first-order valence-corrected chi connectivity index (χ1v) is 8.17. The summed E-state index contributed by atoms with van der Waals surface area (Å²) in [5, 5.41) is 5.25. The van der Waals surface area contributed by atoms with Crippen LogP contribution in [0.25, 0.3) is 0 Å². The van der Waals surface area contributed by atoms with Crippen molar-refractivity contribution in [2.45, 2.75) is 6.42 Å². The van der Waals surface area contributed by atoms with Crippen LogP contribution in [0.5, 0.6) is 0 Å². The van der Waals surface area contributed by atoms with Gasteiger partial charge in [-0.05, 0) is 36.4 Å². The summed E-state index contributed by atoms with van der Waals surface area (Å²) in [5.74, 6) is -1.78. The quantitative estimate of drug-likeness (QED) is 0.882. The van der Waals surface area contributed by atoms with Crippen molar-refractivity contribution >= 4 is 29.1 Å². The van der Waals surface area contributed by atoms with Gasteiger partial charge in [-0.1, -0.05) is 12.1 Å². The molecule has 7 heteroatoms. The molecule has 3 rings (SSSR count). The Balaban J connectivity index is 1.73. The van der Waals surface area contributed by atoms with E-state index in [1.807, 2.05) is 0 Å². The van der Waals surface area contributed by atoms with E-state index in [2.05, 4.69) is 10.6 Å². The van der Waals surface area contributed by atoms with Gasteiger partial charge in [0.2, 0.25) is 11.8 Å². The standard InChI is InChI=1S/C19H18FN3O3/c1-21-19(26)15-4-2-3-5-16(15)22-18(25)12-10-17(24)23(11-12)14-8-6-13(20)7-9-14/h2-9,12H,10-11H2,1H3,(H,21,26)(H,22,25)/t12-/m1/s1. The van der Waals surface area contributed by atoms with Crippen molar-refractivity contribution in [3.05, 3.63) is 59.9 Å². The summed E-state index contributed by atoms with van der Waals surface area (Å²) < 4.78 is 13.1. The van der Waals surface area contributed by atoms with Gasteiger partial charge >= 0.3 is 0 Å². The summed E-state index contributed by atoms with van der Waals surface area (Å²) in [7, 11) is 1.51. The minimum absolute atomic E-state index is 0.0609. The molecule has 0 saturated carbocycles. The number of nitrogens with zero attached hydrogens (tertiary/aromatic N) is 1. The molecule has 26 heavy (non-hydrogen) atoms. The van der Waals surface area contributed by atoms with Crippen LogP contribution in [0.4, 0.5) is 15.8 Å². The average molecular weight is 355 g/mol. The van der Waals surface area contributed by atoms with E-state index < -0.39 is 5.92 Å². The monoisotopic (exact) mass is 355 g/mol. The second-order valence-electron chi connectivity index (χ2n) is 6.00. The van der Waals surface area contributed by atoms with Crippen molar-refractivity contribution < 1.29 is 18.8 Å². The first-order valence-electron chi connectivity index (χ1n) is 8.17. The van der Waals surface area contributed by atoms with E-state index in [-0.39, 0.29) is 36.5 Å². The van der Waals surface area contributed by atoms with E-state index in [0.717, 1.165) is 0 Å². The molecule has 1 saturated heterocycles. The number of para-hydroxylation sites is 1. The largest absolute Gasteiger partial charge is 0.355 e. The van der Waals surface area contributed by atoms with Gasteiger partial charge in [-0.15, -0.1) is 0 Å². The highest BCUT2D eigenvalue weighted by atomic mass is 19.1. The molecule has 134 valence electrons. The molecule has 0 aliphatic carbocycles. The first-order chi connectivity index (χ1) is 12.5. The van der Waals surface area contributed by atoms with Gasteiger partial charge < -0.3 is 15.5 Å². The lowest BCUT2D eigenvalue weighted by molar-refractivity contribution is -0.122. The maximum atomic E-state index is 13.1. The predicted molar refractivity (Wildman–Crippen MR) is 95.3 cm³/mol. The van der Waals surface area contributed by atoms with Crippen LogP contribution < -0.4 is 15.5 Å². The molecule has 0 spiro atoms. The van der Waals surface area contributed by atoms with Gasteiger partial charge in [-0.3, -0.25) is 14.4 Å². The van der Waals surface area contributed by atoms with E-state index in [1.54, 1.807) is 24.3 Å². The molecule has 1 aliphatic rings. The highest BCUT2D eigenvalue weighted by molar-refractivity contribution is 6.07. The SMILES string of the molecule is CNC(=O)c1ccccc1NC(=O)[C@@H]1CC(=O)N(c2ccc(F)cc2)C1.